The van der Waals surface area contributed by atoms with Crippen LogP contribution in [0.5, 0.6) is 11.5 Å². The number of methoxy groups -OCH3 is 1. The van der Waals surface area contributed by atoms with Crippen LogP contribution in [0.25, 0.3) is 0 Å². The third-order valence-electron chi connectivity index (χ3n) is 2.58. The molecule has 2 rings (SSSR count). The Balaban J connectivity index is 2.33. The summed E-state index contributed by atoms with van der Waals surface area (Å²) < 4.78 is 45.3. The average Bonchev–Trinajstić information content (AvgIpc) is 2.45. The molecule has 0 atom stereocenters. The van der Waals surface area contributed by atoms with Crippen molar-refractivity contribution in [1.29, 1.82) is 0 Å². The average molecular weight is 297 g/mol. The highest BCUT2D eigenvalue weighted by Crippen LogP contribution is 2.26. The molecule has 0 radical (unpaired) electrons. The molecule has 7 heteroatoms. The standard InChI is InChI=1S/C14H10F3NO3/c1-20-12-8-18-6-5-11(12)13(19)9-3-2-4-10(7-9)21-14(15,16)17/h2-8H,1H3. The Kier molecular flexibility index (Phi) is 4.11. The van der Waals surface area contributed by atoms with Crippen LogP contribution in [-0.2, 0) is 0 Å². The summed E-state index contributed by atoms with van der Waals surface area (Å²) in [4.78, 5) is 16.1. The number of nitrogens with zero attached hydrogens (tertiary/aromatic N) is 1. The highest BCUT2D eigenvalue weighted by molar-refractivity contribution is 6.10. The molecule has 0 spiro atoms. The van der Waals surface area contributed by atoms with Gasteiger partial charge in [0.15, 0.2) is 5.78 Å². The summed E-state index contributed by atoms with van der Waals surface area (Å²) in [5.41, 5.74) is 0.262. The van der Waals surface area contributed by atoms with Crippen molar-refractivity contribution in [2.75, 3.05) is 7.11 Å². The van der Waals surface area contributed by atoms with Crippen molar-refractivity contribution in [1.82, 2.24) is 4.98 Å². The molecule has 0 saturated carbocycles. The normalized spacial score (nSPS) is 11.0. The largest absolute Gasteiger partial charge is 0.573 e. The van der Waals surface area contributed by atoms with Crippen molar-refractivity contribution in [2.45, 2.75) is 6.36 Å². The number of benzene rings is 1. The third kappa shape index (κ3) is 3.71. The van der Waals surface area contributed by atoms with Crippen molar-refractivity contribution in [2.24, 2.45) is 0 Å². The minimum Gasteiger partial charge on any atom is -0.494 e. The van der Waals surface area contributed by atoms with Gasteiger partial charge in [-0.2, -0.15) is 0 Å². The molecule has 1 aromatic carbocycles. The summed E-state index contributed by atoms with van der Waals surface area (Å²) in [6, 6.07) is 6.27. The molecule has 1 heterocycles. The second-order valence-electron chi connectivity index (χ2n) is 3.98. The maximum atomic E-state index is 12.3. The van der Waals surface area contributed by atoms with E-state index in [1.54, 1.807) is 0 Å². The van der Waals surface area contributed by atoms with E-state index in [1.165, 1.54) is 37.7 Å². The van der Waals surface area contributed by atoms with Gasteiger partial charge in [-0.05, 0) is 18.2 Å². The quantitative estimate of drug-likeness (QED) is 0.813. The predicted octanol–water partition coefficient (Wildman–Crippen LogP) is 3.22. The topological polar surface area (TPSA) is 48.4 Å². The first-order chi connectivity index (χ1) is 9.90. The van der Waals surface area contributed by atoms with Crippen LogP contribution >= 0.6 is 0 Å². The Morgan fingerprint density at radius 1 is 1.24 bits per heavy atom. The van der Waals surface area contributed by atoms with Crippen LogP contribution in [0.15, 0.2) is 42.7 Å². The molecule has 2 aromatic rings. The molecular weight excluding hydrogens is 287 g/mol. The number of aromatic nitrogens is 1. The lowest BCUT2D eigenvalue weighted by atomic mass is 10.0. The Morgan fingerprint density at radius 2 is 2.00 bits per heavy atom. The van der Waals surface area contributed by atoms with E-state index in [1.807, 2.05) is 0 Å². The van der Waals surface area contributed by atoms with E-state index < -0.39 is 17.9 Å². The van der Waals surface area contributed by atoms with Gasteiger partial charge in [0.05, 0.1) is 18.9 Å². The van der Waals surface area contributed by atoms with E-state index in [4.69, 9.17) is 4.74 Å². The summed E-state index contributed by atoms with van der Waals surface area (Å²) >= 11 is 0. The second-order valence-corrected chi connectivity index (χ2v) is 3.98. The fraction of sp³-hybridized carbons (Fsp3) is 0.143. The lowest BCUT2D eigenvalue weighted by Crippen LogP contribution is -2.17. The maximum absolute atomic E-state index is 12.3. The zero-order valence-corrected chi connectivity index (χ0v) is 10.8. The number of pyridine rings is 1. The molecular formula is C14H10F3NO3. The van der Waals surface area contributed by atoms with Crippen LogP contribution in [0, 0.1) is 0 Å². The zero-order chi connectivity index (χ0) is 15.5. The first-order valence-electron chi connectivity index (χ1n) is 5.79. The number of carbonyl (C=O) groups excluding carboxylic acids is 1. The molecule has 21 heavy (non-hydrogen) atoms. The molecule has 1 aromatic heterocycles. The zero-order valence-electron chi connectivity index (χ0n) is 10.8. The monoisotopic (exact) mass is 297 g/mol. The first-order valence-corrected chi connectivity index (χ1v) is 5.79. The fourth-order valence-electron chi connectivity index (χ4n) is 1.72. The second kappa shape index (κ2) is 5.82. The lowest BCUT2D eigenvalue weighted by molar-refractivity contribution is -0.274. The van der Waals surface area contributed by atoms with Crippen molar-refractivity contribution >= 4 is 5.78 Å². The molecule has 110 valence electrons. The molecule has 0 fully saturated rings. The van der Waals surface area contributed by atoms with Gasteiger partial charge >= 0.3 is 6.36 Å². The molecule has 0 N–H and O–H groups in total. The van der Waals surface area contributed by atoms with Crippen LogP contribution in [0.2, 0.25) is 0 Å². The summed E-state index contributed by atoms with van der Waals surface area (Å²) in [6.45, 7) is 0. The summed E-state index contributed by atoms with van der Waals surface area (Å²) in [6.07, 6.45) is -2.06. The van der Waals surface area contributed by atoms with Crippen molar-refractivity contribution in [3.8, 4) is 11.5 Å². The minimum absolute atomic E-state index is 0.0567. The SMILES string of the molecule is COc1cnccc1C(=O)c1cccc(OC(F)(F)F)c1. The third-order valence-corrected chi connectivity index (χ3v) is 2.58. The molecule has 0 bridgehead atoms. The summed E-state index contributed by atoms with van der Waals surface area (Å²) in [5.74, 6) is -0.701. The maximum Gasteiger partial charge on any atom is 0.573 e. The van der Waals surface area contributed by atoms with E-state index >= 15 is 0 Å². The van der Waals surface area contributed by atoms with Crippen LogP contribution < -0.4 is 9.47 Å². The van der Waals surface area contributed by atoms with Crippen LogP contribution in [-0.4, -0.2) is 24.2 Å². The summed E-state index contributed by atoms with van der Waals surface area (Å²) in [5, 5.41) is 0. The molecule has 0 amide bonds. The van der Waals surface area contributed by atoms with E-state index in [-0.39, 0.29) is 16.9 Å². The van der Waals surface area contributed by atoms with E-state index in [0.29, 0.717) is 0 Å². The van der Waals surface area contributed by atoms with Gasteiger partial charge in [0, 0.05) is 11.8 Å². The molecule has 0 aliphatic heterocycles. The molecule has 0 saturated heterocycles. The van der Waals surface area contributed by atoms with E-state index in [9.17, 15) is 18.0 Å². The number of ether oxygens (including phenoxy) is 2. The number of hydrogen-bond acceptors (Lipinski definition) is 4. The van der Waals surface area contributed by atoms with Gasteiger partial charge in [0.2, 0.25) is 0 Å². The summed E-state index contributed by atoms with van der Waals surface area (Å²) in [7, 11) is 1.37. The van der Waals surface area contributed by atoms with Crippen molar-refractivity contribution in [3.63, 3.8) is 0 Å². The highest BCUT2D eigenvalue weighted by Gasteiger charge is 2.31. The van der Waals surface area contributed by atoms with E-state index in [2.05, 4.69) is 9.72 Å². The Hall–Kier alpha value is -2.57. The van der Waals surface area contributed by atoms with Crippen LogP contribution in [0.3, 0.4) is 0 Å². The van der Waals surface area contributed by atoms with Crippen molar-refractivity contribution in [3.05, 3.63) is 53.9 Å². The van der Waals surface area contributed by atoms with Crippen molar-refractivity contribution < 1.29 is 27.4 Å². The van der Waals surface area contributed by atoms with Crippen LogP contribution in [0.1, 0.15) is 15.9 Å². The van der Waals surface area contributed by atoms with Gasteiger partial charge in [0.25, 0.3) is 0 Å². The number of alkyl halides is 3. The number of carbonyl (C=O) groups is 1. The lowest BCUT2D eigenvalue weighted by Gasteiger charge is -2.10. The molecule has 0 aliphatic carbocycles. The van der Waals surface area contributed by atoms with Gasteiger partial charge in [0.1, 0.15) is 11.5 Å². The Morgan fingerprint density at radius 3 is 2.67 bits per heavy atom. The van der Waals surface area contributed by atoms with Gasteiger partial charge in [-0.25, -0.2) is 0 Å². The van der Waals surface area contributed by atoms with Gasteiger partial charge < -0.3 is 9.47 Å². The Labute approximate surface area is 118 Å². The van der Waals surface area contributed by atoms with E-state index in [0.717, 1.165) is 12.1 Å². The number of ketones is 1. The van der Waals surface area contributed by atoms with Crippen LogP contribution in [0.4, 0.5) is 13.2 Å². The number of hydrogen-bond donors (Lipinski definition) is 0. The van der Waals surface area contributed by atoms with Gasteiger partial charge in [-0.15, -0.1) is 13.2 Å². The Bertz CT molecular complexity index is 656. The minimum atomic E-state index is -4.81. The molecule has 4 nitrogen and oxygen atoms in total. The molecule has 0 unspecified atom stereocenters. The predicted molar refractivity (Wildman–Crippen MR) is 67.3 cm³/mol. The highest BCUT2D eigenvalue weighted by atomic mass is 19.4. The van der Waals surface area contributed by atoms with Gasteiger partial charge in [-0.3, -0.25) is 9.78 Å². The molecule has 0 aliphatic rings. The first kappa shape index (κ1) is 14.8. The van der Waals surface area contributed by atoms with Gasteiger partial charge in [-0.1, -0.05) is 12.1 Å². The smallest absolute Gasteiger partial charge is 0.494 e. The fourth-order valence-corrected chi connectivity index (χ4v) is 1.72. The number of rotatable bonds is 4. The number of halogens is 3.